The molecule has 0 aliphatic carbocycles. The van der Waals surface area contributed by atoms with E-state index in [9.17, 15) is 14.4 Å². The van der Waals surface area contributed by atoms with E-state index in [2.05, 4.69) is 18.7 Å². The summed E-state index contributed by atoms with van der Waals surface area (Å²) >= 11 is 0. The summed E-state index contributed by atoms with van der Waals surface area (Å²) in [6.07, 6.45) is 34.7. The van der Waals surface area contributed by atoms with E-state index >= 15 is 0 Å². The molecule has 0 amide bonds. The number of carbonyl (C=O) groups excluding carboxylic acids is 3. The van der Waals surface area contributed by atoms with Crippen molar-refractivity contribution in [2.24, 2.45) is 0 Å². The zero-order chi connectivity index (χ0) is 35.3. The maximum atomic E-state index is 12.5. The molecule has 0 saturated carbocycles. The molecule has 0 aromatic carbocycles. The minimum atomic E-state index is -0.220. The van der Waals surface area contributed by atoms with Gasteiger partial charge in [0, 0.05) is 18.6 Å². The second-order valence-electron chi connectivity index (χ2n) is 13.7. The average molecular weight is 678 g/mol. The van der Waals surface area contributed by atoms with Crippen molar-refractivity contribution in [1.82, 2.24) is 4.90 Å². The molecule has 0 aromatic heterocycles. The van der Waals surface area contributed by atoms with Gasteiger partial charge in [0.1, 0.15) is 6.10 Å². The normalized spacial score (nSPS) is 11.7. The first-order valence-electron chi connectivity index (χ1n) is 19.9. The summed E-state index contributed by atoms with van der Waals surface area (Å²) in [5, 5.41) is 0. The molecule has 280 valence electrons. The van der Waals surface area contributed by atoms with Gasteiger partial charge in [-0.3, -0.25) is 4.79 Å². The van der Waals surface area contributed by atoms with Crippen molar-refractivity contribution in [1.29, 1.82) is 0 Å². The van der Waals surface area contributed by atoms with Crippen molar-refractivity contribution in [2.75, 3.05) is 33.9 Å². The van der Waals surface area contributed by atoms with E-state index < -0.39 is 0 Å². The Labute approximate surface area is 296 Å². The fourth-order valence-electron chi connectivity index (χ4n) is 5.59. The number of hydrogen-bond acceptors (Lipinski definition) is 7. The summed E-state index contributed by atoms with van der Waals surface area (Å²) in [4.78, 5) is 38.2. The van der Waals surface area contributed by atoms with Crippen LogP contribution in [0.5, 0.6) is 0 Å². The summed E-state index contributed by atoms with van der Waals surface area (Å²) < 4.78 is 16.6. The summed E-state index contributed by atoms with van der Waals surface area (Å²) in [5.41, 5.74) is 0. The molecule has 0 aliphatic heterocycles. The van der Waals surface area contributed by atoms with Crippen molar-refractivity contribution in [2.45, 2.75) is 187 Å². The topological polar surface area (TPSA) is 82.1 Å². The lowest BCUT2D eigenvalue weighted by Gasteiger charge is -2.18. The Morgan fingerprint density at radius 1 is 0.542 bits per heavy atom. The quantitative estimate of drug-likeness (QED) is 0.0286. The van der Waals surface area contributed by atoms with Gasteiger partial charge >= 0.3 is 17.9 Å². The number of allylic oxidation sites excluding steroid dienone is 2. The Kier molecular flexibility index (Phi) is 34.5. The van der Waals surface area contributed by atoms with Crippen LogP contribution in [0.4, 0.5) is 0 Å². The van der Waals surface area contributed by atoms with Gasteiger partial charge in [-0.2, -0.15) is 0 Å². The third kappa shape index (κ3) is 35.2. The predicted molar refractivity (Wildman–Crippen MR) is 200 cm³/mol. The van der Waals surface area contributed by atoms with Crippen LogP contribution in [-0.2, 0) is 28.6 Å². The van der Waals surface area contributed by atoms with Gasteiger partial charge in [-0.25, -0.2) is 9.59 Å². The van der Waals surface area contributed by atoms with E-state index in [1.807, 2.05) is 26.2 Å². The predicted octanol–water partition coefficient (Wildman–Crippen LogP) is 10.8. The van der Waals surface area contributed by atoms with Crippen molar-refractivity contribution in [3.05, 3.63) is 24.3 Å². The third-order valence-electron chi connectivity index (χ3n) is 8.57. The average Bonchev–Trinajstić information content (AvgIpc) is 3.05. The highest BCUT2D eigenvalue weighted by atomic mass is 16.5. The lowest BCUT2D eigenvalue weighted by atomic mass is 10.0. The molecule has 0 radical (unpaired) electrons. The van der Waals surface area contributed by atoms with Crippen molar-refractivity contribution >= 4 is 17.9 Å². The summed E-state index contributed by atoms with van der Waals surface area (Å²) in [6.45, 7) is 6.28. The molecule has 0 aliphatic rings. The van der Waals surface area contributed by atoms with Gasteiger partial charge in [-0.1, -0.05) is 116 Å². The van der Waals surface area contributed by atoms with Crippen LogP contribution in [0.1, 0.15) is 181 Å². The Hall–Kier alpha value is -2.15. The molecule has 0 spiro atoms. The fraction of sp³-hybridized carbons (Fsp3) is 0.829. The zero-order valence-electron chi connectivity index (χ0n) is 31.8. The van der Waals surface area contributed by atoms with Crippen LogP contribution < -0.4 is 0 Å². The summed E-state index contributed by atoms with van der Waals surface area (Å²) in [5.74, 6) is -0.506. The van der Waals surface area contributed by atoms with E-state index in [0.29, 0.717) is 19.6 Å². The second kappa shape index (κ2) is 36.1. The second-order valence-corrected chi connectivity index (χ2v) is 13.7. The smallest absolute Gasteiger partial charge is 0.330 e. The number of nitrogens with zero attached hydrogens (tertiary/aromatic N) is 1. The third-order valence-corrected chi connectivity index (χ3v) is 8.57. The molecular weight excluding hydrogens is 602 g/mol. The van der Waals surface area contributed by atoms with Crippen LogP contribution >= 0.6 is 0 Å². The van der Waals surface area contributed by atoms with E-state index in [1.54, 1.807) is 12.2 Å². The van der Waals surface area contributed by atoms with Crippen LogP contribution in [0, 0.1) is 0 Å². The minimum Gasteiger partial charge on any atom is -0.463 e. The first-order chi connectivity index (χ1) is 23.4. The molecule has 7 heteroatoms. The number of hydrogen-bond donors (Lipinski definition) is 0. The lowest BCUT2D eigenvalue weighted by Crippen LogP contribution is -2.20. The van der Waals surface area contributed by atoms with Crippen LogP contribution in [0.2, 0.25) is 0 Å². The van der Waals surface area contributed by atoms with E-state index in [1.165, 1.54) is 38.5 Å². The summed E-state index contributed by atoms with van der Waals surface area (Å²) in [6, 6.07) is 0. The molecule has 0 bridgehead atoms. The van der Waals surface area contributed by atoms with Crippen molar-refractivity contribution in [3.8, 4) is 0 Å². The number of ether oxygens (including phenoxy) is 3. The largest absolute Gasteiger partial charge is 0.463 e. The SMILES string of the molecule is CCCCCC/C=C\C(=O)OCCCCCCCCC(CCCCCCCCOC(=O)/C=C\CCCCCC)OC(=O)CCCN(C)C. The summed E-state index contributed by atoms with van der Waals surface area (Å²) in [7, 11) is 4.05. The highest BCUT2D eigenvalue weighted by Crippen LogP contribution is 2.18. The molecule has 48 heavy (non-hydrogen) atoms. The Morgan fingerprint density at radius 3 is 1.40 bits per heavy atom. The molecule has 0 heterocycles. The van der Waals surface area contributed by atoms with Gasteiger partial charge in [0.15, 0.2) is 0 Å². The number of esters is 3. The van der Waals surface area contributed by atoms with Gasteiger partial charge < -0.3 is 19.1 Å². The van der Waals surface area contributed by atoms with Crippen molar-refractivity contribution in [3.63, 3.8) is 0 Å². The molecule has 0 fully saturated rings. The van der Waals surface area contributed by atoms with Gasteiger partial charge in [0.25, 0.3) is 0 Å². The Morgan fingerprint density at radius 2 is 0.958 bits per heavy atom. The van der Waals surface area contributed by atoms with E-state index in [0.717, 1.165) is 129 Å². The molecule has 0 atom stereocenters. The number of rotatable bonds is 35. The first-order valence-corrected chi connectivity index (χ1v) is 19.9. The van der Waals surface area contributed by atoms with Gasteiger partial charge in [0.05, 0.1) is 13.2 Å². The van der Waals surface area contributed by atoms with E-state index in [4.69, 9.17) is 14.2 Å². The number of carbonyl (C=O) groups is 3. The molecule has 0 rings (SSSR count). The molecule has 7 nitrogen and oxygen atoms in total. The highest BCUT2D eigenvalue weighted by molar-refractivity contribution is 5.82. The maximum absolute atomic E-state index is 12.5. The van der Waals surface area contributed by atoms with Crippen LogP contribution in [0.25, 0.3) is 0 Å². The van der Waals surface area contributed by atoms with Crippen LogP contribution in [0.15, 0.2) is 24.3 Å². The van der Waals surface area contributed by atoms with Gasteiger partial charge in [-0.05, 0) is 91.3 Å². The van der Waals surface area contributed by atoms with Crippen LogP contribution in [-0.4, -0.2) is 62.8 Å². The highest BCUT2D eigenvalue weighted by Gasteiger charge is 2.14. The monoisotopic (exact) mass is 678 g/mol. The van der Waals surface area contributed by atoms with Crippen LogP contribution in [0.3, 0.4) is 0 Å². The van der Waals surface area contributed by atoms with Gasteiger partial charge in [-0.15, -0.1) is 0 Å². The number of unbranched alkanes of at least 4 members (excludes halogenated alkanes) is 18. The molecule has 0 aromatic rings. The van der Waals surface area contributed by atoms with E-state index in [-0.39, 0.29) is 24.0 Å². The maximum Gasteiger partial charge on any atom is 0.330 e. The molecule has 0 saturated heterocycles. The molecular formula is C41H75NO6. The zero-order valence-corrected chi connectivity index (χ0v) is 31.8. The Balaban J connectivity index is 4.07. The van der Waals surface area contributed by atoms with Crippen molar-refractivity contribution < 1.29 is 28.6 Å². The lowest BCUT2D eigenvalue weighted by molar-refractivity contribution is -0.150. The molecule has 0 N–H and O–H groups in total. The Bertz CT molecular complexity index is 757. The fourth-order valence-corrected chi connectivity index (χ4v) is 5.59. The van der Waals surface area contributed by atoms with Gasteiger partial charge in [0.2, 0.25) is 0 Å². The standard InChI is InChI=1S/C41H75NO6/c1-5-7-9-11-19-25-32-39(43)46-36-27-21-15-13-17-23-30-38(48-41(45)34-29-35-42(3)4)31-24-18-14-16-22-28-37-47-40(44)33-26-20-12-10-8-6-2/h25-26,32-33,38H,5-24,27-31,34-37H2,1-4H3/b32-25-,33-26-. The first kappa shape index (κ1) is 45.9. The minimum absolute atomic E-state index is 0.00933. The molecule has 0 unspecified atom stereocenters.